The summed E-state index contributed by atoms with van der Waals surface area (Å²) in [5.74, 6) is -0.520. The highest BCUT2D eigenvalue weighted by Crippen LogP contribution is 2.27. The number of carbonyl (C=O) groups is 2. The molecule has 0 spiro atoms. The molecule has 1 N–H and O–H groups in total. The third kappa shape index (κ3) is 2.95. The van der Waals surface area contributed by atoms with Gasteiger partial charge >= 0.3 is 6.09 Å². The van der Waals surface area contributed by atoms with Gasteiger partial charge in [-0.2, -0.15) is 5.10 Å². The molecule has 23 heavy (non-hydrogen) atoms. The Labute approximate surface area is 131 Å². The Kier molecular flexibility index (Phi) is 4.11. The Morgan fingerprint density at radius 3 is 2.83 bits per heavy atom. The van der Waals surface area contributed by atoms with Gasteiger partial charge in [-0.15, -0.1) is 0 Å². The number of aliphatic hydroxyl groups excluding tert-OH is 1. The summed E-state index contributed by atoms with van der Waals surface area (Å²) >= 11 is 0. The minimum atomic E-state index is -0.614. The lowest BCUT2D eigenvalue weighted by Crippen LogP contribution is -2.37. The fourth-order valence-corrected chi connectivity index (χ4v) is 2.44. The molecule has 2 aliphatic heterocycles. The fourth-order valence-electron chi connectivity index (χ4n) is 2.44. The molecule has 1 aromatic rings. The molecule has 1 unspecified atom stereocenters. The summed E-state index contributed by atoms with van der Waals surface area (Å²) in [6, 6.07) is 4.36. The zero-order valence-electron chi connectivity index (χ0n) is 12.1. The smallest absolute Gasteiger partial charge is 0.414 e. The van der Waals surface area contributed by atoms with E-state index in [1.54, 1.807) is 11.0 Å². The second-order valence-electron chi connectivity index (χ2n) is 5.13. The van der Waals surface area contributed by atoms with E-state index in [0.717, 1.165) is 0 Å². The molecular formula is C14H15FN4O4. The molecule has 2 heterocycles. The van der Waals surface area contributed by atoms with Crippen molar-refractivity contribution in [3.05, 3.63) is 24.0 Å². The van der Waals surface area contributed by atoms with Crippen LogP contribution in [0.3, 0.4) is 0 Å². The zero-order valence-corrected chi connectivity index (χ0v) is 12.1. The number of aliphatic hydroxyl groups is 1. The number of cyclic esters (lactones) is 1. The summed E-state index contributed by atoms with van der Waals surface area (Å²) in [5, 5.41) is 14.1. The molecule has 8 nitrogen and oxygen atoms in total. The van der Waals surface area contributed by atoms with Crippen molar-refractivity contribution in [2.24, 2.45) is 5.10 Å². The summed E-state index contributed by atoms with van der Waals surface area (Å²) in [7, 11) is 0. The third-order valence-corrected chi connectivity index (χ3v) is 3.66. The number of amides is 2. The van der Waals surface area contributed by atoms with E-state index >= 15 is 0 Å². The number of ether oxygens (including phenoxy) is 1. The number of hydrogen-bond acceptors (Lipinski definition) is 6. The summed E-state index contributed by atoms with van der Waals surface area (Å²) in [5.41, 5.74) is 0.657. The van der Waals surface area contributed by atoms with E-state index in [1.165, 1.54) is 28.4 Å². The molecule has 0 saturated carbocycles. The van der Waals surface area contributed by atoms with Gasteiger partial charge in [0.15, 0.2) is 0 Å². The van der Waals surface area contributed by atoms with Crippen LogP contribution in [0, 0.1) is 5.82 Å². The molecular weight excluding hydrogens is 307 g/mol. The lowest BCUT2D eigenvalue weighted by molar-refractivity contribution is -0.118. The van der Waals surface area contributed by atoms with E-state index in [4.69, 9.17) is 9.84 Å². The maximum absolute atomic E-state index is 14.4. The predicted octanol–water partition coefficient (Wildman–Crippen LogP) is 0.365. The number of carbonyl (C=O) groups excluding carboxylic acids is 2. The van der Waals surface area contributed by atoms with Crippen LogP contribution in [0.25, 0.3) is 0 Å². The standard InChI is InChI=1S/C14H15FN4O4/c15-12-5-10(19-6-11(7-20)23-14(19)22)1-2-13(12)17-3-4-18(9-21)16-8-17/h1-2,5,8-9,11,20H,3-4,6-7H2. The van der Waals surface area contributed by atoms with Crippen molar-refractivity contribution >= 4 is 30.2 Å². The van der Waals surface area contributed by atoms with Crippen molar-refractivity contribution in [2.45, 2.75) is 6.10 Å². The maximum Gasteiger partial charge on any atom is 0.414 e. The highest BCUT2D eigenvalue weighted by Gasteiger charge is 2.32. The van der Waals surface area contributed by atoms with Crippen molar-refractivity contribution in [1.82, 2.24) is 5.01 Å². The molecule has 1 aromatic carbocycles. The summed E-state index contributed by atoms with van der Waals surface area (Å²) < 4.78 is 19.3. The van der Waals surface area contributed by atoms with Crippen molar-refractivity contribution in [2.75, 3.05) is 36.0 Å². The predicted molar refractivity (Wildman–Crippen MR) is 79.7 cm³/mol. The first-order valence-corrected chi connectivity index (χ1v) is 7.03. The molecule has 122 valence electrons. The quantitative estimate of drug-likeness (QED) is 0.809. The van der Waals surface area contributed by atoms with Gasteiger partial charge in [0.25, 0.3) is 0 Å². The SMILES string of the molecule is O=CN1CCN(c2ccc(N3CC(CO)OC3=O)cc2F)C=N1. The minimum Gasteiger partial charge on any atom is -0.441 e. The Hall–Kier alpha value is -2.68. The van der Waals surface area contributed by atoms with Crippen LogP contribution >= 0.6 is 0 Å². The van der Waals surface area contributed by atoms with Gasteiger partial charge in [-0.1, -0.05) is 0 Å². The summed E-state index contributed by atoms with van der Waals surface area (Å²) in [6.45, 7) is 0.669. The van der Waals surface area contributed by atoms with E-state index in [0.29, 0.717) is 30.9 Å². The molecule has 3 rings (SSSR count). The van der Waals surface area contributed by atoms with Crippen LogP contribution < -0.4 is 9.80 Å². The topological polar surface area (TPSA) is 85.7 Å². The van der Waals surface area contributed by atoms with Gasteiger partial charge in [0.2, 0.25) is 6.41 Å². The van der Waals surface area contributed by atoms with Gasteiger partial charge in [0.1, 0.15) is 18.3 Å². The second-order valence-corrected chi connectivity index (χ2v) is 5.13. The van der Waals surface area contributed by atoms with Crippen molar-refractivity contribution in [3.8, 4) is 0 Å². The molecule has 2 amide bonds. The van der Waals surface area contributed by atoms with Crippen molar-refractivity contribution in [3.63, 3.8) is 0 Å². The Morgan fingerprint density at radius 1 is 1.43 bits per heavy atom. The summed E-state index contributed by atoms with van der Waals surface area (Å²) in [6.07, 6.45) is 0.761. The van der Waals surface area contributed by atoms with Gasteiger partial charge in [-0.3, -0.25) is 9.69 Å². The first-order chi connectivity index (χ1) is 11.1. The normalized spacial score (nSPS) is 20.9. The molecule has 0 aliphatic carbocycles. The van der Waals surface area contributed by atoms with Crippen LogP contribution in [0.2, 0.25) is 0 Å². The van der Waals surface area contributed by atoms with Crippen LogP contribution in [-0.2, 0) is 9.53 Å². The third-order valence-electron chi connectivity index (χ3n) is 3.66. The first-order valence-electron chi connectivity index (χ1n) is 7.03. The molecule has 1 saturated heterocycles. The van der Waals surface area contributed by atoms with Crippen LogP contribution in [0.4, 0.5) is 20.6 Å². The number of nitrogens with zero attached hydrogens (tertiary/aromatic N) is 4. The van der Waals surface area contributed by atoms with E-state index in [-0.39, 0.29) is 13.2 Å². The number of halogens is 1. The van der Waals surface area contributed by atoms with Crippen LogP contribution in [-0.4, -0.2) is 61.3 Å². The lowest BCUT2D eigenvalue weighted by atomic mass is 10.2. The van der Waals surface area contributed by atoms with Gasteiger partial charge in [-0.05, 0) is 18.2 Å². The molecule has 1 atom stereocenters. The lowest BCUT2D eigenvalue weighted by Gasteiger charge is -2.27. The Morgan fingerprint density at radius 2 is 2.26 bits per heavy atom. The summed E-state index contributed by atoms with van der Waals surface area (Å²) in [4.78, 5) is 25.2. The van der Waals surface area contributed by atoms with Crippen LogP contribution in [0.5, 0.6) is 0 Å². The number of hydrogen-bond donors (Lipinski definition) is 1. The van der Waals surface area contributed by atoms with Gasteiger partial charge in [0.05, 0.1) is 31.1 Å². The zero-order chi connectivity index (χ0) is 16.4. The van der Waals surface area contributed by atoms with Crippen molar-refractivity contribution in [1.29, 1.82) is 0 Å². The Balaban J connectivity index is 1.79. The number of hydrazone groups is 1. The van der Waals surface area contributed by atoms with Crippen LogP contribution in [0.1, 0.15) is 0 Å². The number of rotatable bonds is 4. The molecule has 2 aliphatic rings. The molecule has 1 fully saturated rings. The van der Waals surface area contributed by atoms with Crippen LogP contribution in [0.15, 0.2) is 23.3 Å². The van der Waals surface area contributed by atoms with E-state index < -0.39 is 18.0 Å². The molecule has 0 aromatic heterocycles. The maximum atomic E-state index is 14.4. The molecule has 0 bridgehead atoms. The minimum absolute atomic E-state index is 0.174. The van der Waals surface area contributed by atoms with Crippen molar-refractivity contribution < 1.29 is 23.8 Å². The first kappa shape index (κ1) is 15.2. The second kappa shape index (κ2) is 6.21. The van der Waals surface area contributed by atoms with Gasteiger partial charge < -0.3 is 14.7 Å². The molecule has 0 radical (unpaired) electrons. The highest BCUT2D eigenvalue weighted by atomic mass is 19.1. The highest BCUT2D eigenvalue weighted by molar-refractivity contribution is 5.90. The van der Waals surface area contributed by atoms with E-state index in [2.05, 4.69) is 5.10 Å². The fraction of sp³-hybridized carbons (Fsp3) is 0.357. The average Bonchev–Trinajstić information content (AvgIpc) is 2.96. The number of benzene rings is 1. The van der Waals surface area contributed by atoms with E-state index in [1.807, 2.05) is 0 Å². The monoisotopic (exact) mass is 322 g/mol. The van der Waals surface area contributed by atoms with E-state index in [9.17, 15) is 14.0 Å². The molecule has 9 heteroatoms. The Bertz CT molecular complexity index is 654. The average molecular weight is 322 g/mol. The largest absolute Gasteiger partial charge is 0.441 e. The van der Waals surface area contributed by atoms with Gasteiger partial charge in [0, 0.05) is 6.54 Å². The number of anilines is 2. The van der Waals surface area contributed by atoms with Gasteiger partial charge in [-0.25, -0.2) is 14.2 Å².